The van der Waals surface area contributed by atoms with Gasteiger partial charge in [0.05, 0.1) is 6.04 Å². The van der Waals surface area contributed by atoms with Gasteiger partial charge in [-0.2, -0.15) is 0 Å². The monoisotopic (exact) mass is 276 g/mol. The highest BCUT2D eigenvalue weighted by atomic mass is 15.2. The van der Waals surface area contributed by atoms with Crippen molar-refractivity contribution < 1.29 is 0 Å². The highest BCUT2D eigenvalue weighted by Gasteiger charge is 2.12. The van der Waals surface area contributed by atoms with Crippen molar-refractivity contribution in [2.45, 2.75) is 19.4 Å². The first-order valence-corrected chi connectivity index (χ1v) is 7.27. The van der Waals surface area contributed by atoms with Gasteiger partial charge < -0.3 is 0 Å². The lowest BCUT2D eigenvalue weighted by Crippen LogP contribution is -2.29. The molecule has 3 aromatic carbocycles. The average Bonchev–Trinajstić information content (AvgIpc) is 2.54. The van der Waals surface area contributed by atoms with Crippen molar-refractivity contribution in [3.8, 4) is 0 Å². The molecule has 106 valence electrons. The third-order valence-corrected chi connectivity index (χ3v) is 4.06. The molecule has 1 atom stereocenters. The van der Waals surface area contributed by atoms with Crippen LogP contribution in [0.15, 0.2) is 66.7 Å². The molecule has 0 fully saturated rings. The molecule has 0 radical (unpaired) electrons. The van der Waals surface area contributed by atoms with Gasteiger partial charge in [0.1, 0.15) is 0 Å². The Hall–Kier alpha value is -2.16. The summed E-state index contributed by atoms with van der Waals surface area (Å²) in [5, 5.41) is 2.51. The van der Waals surface area contributed by atoms with Crippen molar-refractivity contribution in [1.82, 2.24) is 5.43 Å². The van der Waals surface area contributed by atoms with Gasteiger partial charge in [-0.15, -0.1) is 0 Å². The number of aryl methyl sites for hydroxylation is 1. The second-order valence-corrected chi connectivity index (χ2v) is 5.46. The van der Waals surface area contributed by atoms with E-state index in [2.05, 4.69) is 79.1 Å². The fourth-order valence-electron chi connectivity index (χ4n) is 2.76. The molecular weight excluding hydrogens is 256 g/mol. The summed E-state index contributed by atoms with van der Waals surface area (Å²) in [5.41, 5.74) is 6.81. The van der Waals surface area contributed by atoms with E-state index in [-0.39, 0.29) is 6.04 Å². The van der Waals surface area contributed by atoms with E-state index in [0.29, 0.717) is 0 Å². The maximum absolute atomic E-state index is 5.80. The van der Waals surface area contributed by atoms with E-state index in [1.807, 2.05) is 0 Å². The molecule has 0 saturated carbocycles. The summed E-state index contributed by atoms with van der Waals surface area (Å²) in [7, 11) is 0. The van der Waals surface area contributed by atoms with Gasteiger partial charge in [0.15, 0.2) is 0 Å². The minimum Gasteiger partial charge on any atom is -0.271 e. The van der Waals surface area contributed by atoms with Gasteiger partial charge in [-0.3, -0.25) is 11.3 Å². The molecule has 3 rings (SSSR count). The number of nitrogens with one attached hydrogen (secondary N) is 1. The first-order chi connectivity index (χ1) is 10.3. The van der Waals surface area contributed by atoms with Crippen molar-refractivity contribution in [1.29, 1.82) is 0 Å². The fourth-order valence-corrected chi connectivity index (χ4v) is 2.76. The smallest absolute Gasteiger partial charge is 0.0500 e. The molecule has 0 amide bonds. The van der Waals surface area contributed by atoms with Gasteiger partial charge in [-0.25, -0.2) is 0 Å². The molecule has 1 unspecified atom stereocenters. The van der Waals surface area contributed by atoms with Crippen LogP contribution in [0.25, 0.3) is 10.8 Å². The minimum absolute atomic E-state index is 0.121. The number of hydrogen-bond donors (Lipinski definition) is 2. The maximum atomic E-state index is 5.80. The summed E-state index contributed by atoms with van der Waals surface area (Å²) in [6.45, 7) is 2.14. The van der Waals surface area contributed by atoms with Gasteiger partial charge >= 0.3 is 0 Å². The van der Waals surface area contributed by atoms with E-state index in [1.165, 1.54) is 27.5 Å². The van der Waals surface area contributed by atoms with E-state index >= 15 is 0 Å². The van der Waals surface area contributed by atoms with Crippen molar-refractivity contribution in [3.63, 3.8) is 0 Å². The van der Waals surface area contributed by atoms with Crippen LogP contribution in [-0.2, 0) is 6.42 Å². The highest BCUT2D eigenvalue weighted by molar-refractivity contribution is 5.83. The molecule has 2 nitrogen and oxygen atoms in total. The summed E-state index contributed by atoms with van der Waals surface area (Å²) in [6, 6.07) is 23.5. The third-order valence-electron chi connectivity index (χ3n) is 4.06. The van der Waals surface area contributed by atoms with Crippen LogP contribution >= 0.6 is 0 Å². The normalized spacial score (nSPS) is 12.5. The summed E-state index contributed by atoms with van der Waals surface area (Å²) in [6.07, 6.45) is 0.890. The Kier molecular flexibility index (Phi) is 4.00. The van der Waals surface area contributed by atoms with Crippen molar-refractivity contribution in [2.24, 2.45) is 5.84 Å². The molecule has 0 aromatic heterocycles. The Morgan fingerprint density at radius 2 is 1.62 bits per heavy atom. The second kappa shape index (κ2) is 6.08. The highest BCUT2D eigenvalue weighted by Crippen LogP contribution is 2.23. The van der Waals surface area contributed by atoms with Crippen molar-refractivity contribution in [3.05, 3.63) is 83.4 Å². The largest absolute Gasteiger partial charge is 0.271 e. The lowest BCUT2D eigenvalue weighted by atomic mass is 9.95. The molecule has 0 aliphatic carbocycles. The first-order valence-electron chi connectivity index (χ1n) is 7.27. The Morgan fingerprint density at radius 3 is 2.38 bits per heavy atom. The van der Waals surface area contributed by atoms with Crippen LogP contribution in [0.5, 0.6) is 0 Å². The Bertz CT molecular complexity index is 749. The lowest BCUT2D eigenvalue weighted by Gasteiger charge is -2.18. The fraction of sp³-hybridized carbons (Fsp3) is 0.158. The molecule has 0 aliphatic rings. The SMILES string of the molecule is Cc1ccccc1CC(NN)c1ccc2ccccc2c1. The average molecular weight is 276 g/mol. The van der Waals surface area contributed by atoms with Gasteiger partial charge in [0.25, 0.3) is 0 Å². The predicted molar refractivity (Wildman–Crippen MR) is 88.9 cm³/mol. The number of rotatable bonds is 4. The number of fused-ring (bicyclic) bond motifs is 1. The molecule has 2 heteroatoms. The Labute approximate surface area is 125 Å². The zero-order valence-corrected chi connectivity index (χ0v) is 12.2. The van der Waals surface area contributed by atoms with E-state index in [4.69, 9.17) is 5.84 Å². The van der Waals surface area contributed by atoms with Crippen LogP contribution in [0, 0.1) is 6.92 Å². The molecule has 3 aromatic rings. The van der Waals surface area contributed by atoms with E-state index < -0.39 is 0 Å². The summed E-state index contributed by atoms with van der Waals surface area (Å²) in [5.74, 6) is 5.80. The molecule has 0 bridgehead atoms. The van der Waals surface area contributed by atoms with Crippen molar-refractivity contribution in [2.75, 3.05) is 0 Å². The van der Waals surface area contributed by atoms with Crippen LogP contribution in [0.2, 0.25) is 0 Å². The van der Waals surface area contributed by atoms with Crippen molar-refractivity contribution >= 4 is 10.8 Å². The molecule has 0 spiro atoms. The minimum atomic E-state index is 0.121. The van der Waals surface area contributed by atoms with Crippen LogP contribution in [-0.4, -0.2) is 0 Å². The summed E-state index contributed by atoms with van der Waals surface area (Å²) >= 11 is 0. The third kappa shape index (κ3) is 2.97. The molecule has 0 heterocycles. The molecule has 3 N–H and O–H groups in total. The number of hydrogen-bond acceptors (Lipinski definition) is 2. The van der Waals surface area contributed by atoms with Gasteiger partial charge in [-0.05, 0) is 46.9 Å². The van der Waals surface area contributed by atoms with E-state index in [9.17, 15) is 0 Å². The second-order valence-electron chi connectivity index (χ2n) is 5.46. The molecule has 21 heavy (non-hydrogen) atoms. The molecular formula is C19H20N2. The zero-order valence-electron chi connectivity index (χ0n) is 12.2. The predicted octanol–water partition coefficient (Wildman–Crippen LogP) is 3.90. The lowest BCUT2D eigenvalue weighted by molar-refractivity contribution is 0.551. The molecule has 0 saturated heterocycles. The number of benzene rings is 3. The van der Waals surface area contributed by atoms with Gasteiger partial charge in [0.2, 0.25) is 0 Å². The Morgan fingerprint density at radius 1 is 0.905 bits per heavy atom. The number of hydrazine groups is 1. The van der Waals surface area contributed by atoms with Gasteiger partial charge in [-0.1, -0.05) is 60.7 Å². The Balaban J connectivity index is 1.93. The quantitative estimate of drug-likeness (QED) is 0.560. The van der Waals surface area contributed by atoms with E-state index in [0.717, 1.165) is 6.42 Å². The van der Waals surface area contributed by atoms with Crippen LogP contribution < -0.4 is 11.3 Å². The van der Waals surface area contributed by atoms with Crippen LogP contribution in [0.1, 0.15) is 22.7 Å². The van der Waals surface area contributed by atoms with E-state index in [1.54, 1.807) is 0 Å². The van der Waals surface area contributed by atoms with Gasteiger partial charge in [0, 0.05) is 0 Å². The maximum Gasteiger partial charge on any atom is 0.0500 e. The molecule has 0 aliphatic heterocycles. The standard InChI is InChI=1S/C19H20N2/c1-14-6-2-3-8-16(14)13-19(21-20)18-11-10-15-7-4-5-9-17(15)12-18/h2-12,19,21H,13,20H2,1H3. The first kappa shape index (κ1) is 13.8. The summed E-state index contributed by atoms with van der Waals surface area (Å²) in [4.78, 5) is 0. The number of nitrogens with two attached hydrogens (primary N) is 1. The topological polar surface area (TPSA) is 38.0 Å². The summed E-state index contributed by atoms with van der Waals surface area (Å²) < 4.78 is 0. The van der Waals surface area contributed by atoms with Crippen LogP contribution in [0.3, 0.4) is 0 Å². The zero-order chi connectivity index (χ0) is 14.7. The van der Waals surface area contributed by atoms with Crippen LogP contribution in [0.4, 0.5) is 0 Å².